The summed E-state index contributed by atoms with van der Waals surface area (Å²) >= 11 is 0. The molecule has 1 aromatic carbocycles. The van der Waals surface area contributed by atoms with Crippen molar-refractivity contribution in [2.45, 2.75) is 44.4 Å². The van der Waals surface area contributed by atoms with Gasteiger partial charge in [0.1, 0.15) is 5.75 Å². The number of guanidine groups is 1. The molecule has 31 heavy (non-hydrogen) atoms. The molecule has 3 rings (SSSR count). The second kappa shape index (κ2) is 11.2. The molecule has 9 heteroatoms. The average molecular weight is 565 g/mol. The maximum Gasteiger partial charge on any atom is 0.194 e. The normalized spacial score (nSPS) is 21.9. The van der Waals surface area contributed by atoms with Gasteiger partial charge < -0.3 is 15.0 Å². The summed E-state index contributed by atoms with van der Waals surface area (Å²) in [5.41, 5.74) is 1.24. The van der Waals surface area contributed by atoms with E-state index in [0.717, 1.165) is 31.3 Å². The van der Waals surface area contributed by atoms with Gasteiger partial charge in [0.2, 0.25) is 0 Å². The summed E-state index contributed by atoms with van der Waals surface area (Å²) in [6.45, 7) is 10.1. The van der Waals surface area contributed by atoms with E-state index >= 15 is 0 Å². The lowest BCUT2D eigenvalue weighted by molar-refractivity contribution is 0.250. The fraction of sp³-hybridized carbons (Fsp3) is 0.682. The first-order valence-electron chi connectivity index (χ1n) is 10.9. The summed E-state index contributed by atoms with van der Waals surface area (Å²) in [7, 11) is -1.40. The molecule has 176 valence electrons. The molecular weight excluding hydrogens is 527 g/mol. The minimum absolute atomic E-state index is 0. The number of hydrogen-bond donors (Lipinski definition) is 1. The predicted molar refractivity (Wildman–Crippen MR) is 137 cm³/mol. The summed E-state index contributed by atoms with van der Waals surface area (Å²) in [4.78, 5) is 9.57. The molecule has 2 fully saturated rings. The van der Waals surface area contributed by atoms with E-state index in [4.69, 9.17) is 9.73 Å². The van der Waals surface area contributed by atoms with E-state index in [1.54, 1.807) is 7.11 Å². The Morgan fingerprint density at radius 3 is 2.39 bits per heavy atom. The first-order chi connectivity index (χ1) is 14.3. The number of hydrogen-bond acceptors (Lipinski definition) is 5. The molecule has 0 radical (unpaired) electrons. The Bertz CT molecular complexity index is 837. The van der Waals surface area contributed by atoms with Crippen LogP contribution in [0.2, 0.25) is 0 Å². The van der Waals surface area contributed by atoms with E-state index in [2.05, 4.69) is 27.2 Å². The minimum atomic E-state index is -3.08. The third kappa shape index (κ3) is 6.25. The molecule has 0 saturated carbocycles. The zero-order chi connectivity index (χ0) is 21.8. The van der Waals surface area contributed by atoms with Gasteiger partial charge in [0, 0.05) is 19.6 Å². The topological polar surface area (TPSA) is 74.2 Å². The number of methoxy groups -OCH3 is 1. The lowest BCUT2D eigenvalue weighted by atomic mass is 10.1. The third-order valence-corrected chi connectivity index (χ3v) is 8.71. The van der Waals surface area contributed by atoms with Crippen molar-refractivity contribution < 1.29 is 13.2 Å². The monoisotopic (exact) mass is 564 g/mol. The van der Waals surface area contributed by atoms with Gasteiger partial charge in [-0.2, -0.15) is 0 Å². The van der Waals surface area contributed by atoms with Crippen LogP contribution in [0.3, 0.4) is 0 Å². The number of aliphatic imine (C=N–C) groups is 1. The molecule has 2 heterocycles. The fourth-order valence-corrected chi connectivity index (χ4v) is 5.60. The van der Waals surface area contributed by atoms with Gasteiger partial charge in [0.25, 0.3) is 0 Å². The molecule has 1 unspecified atom stereocenters. The quantitative estimate of drug-likeness (QED) is 0.326. The molecule has 0 aliphatic carbocycles. The van der Waals surface area contributed by atoms with Gasteiger partial charge in [-0.1, -0.05) is 12.1 Å². The van der Waals surface area contributed by atoms with Gasteiger partial charge in [-0.25, -0.2) is 8.42 Å². The van der Waals surface area contributed by atoms with Gasteiger partial charge >= 0.3 is 0 Å². The van der Waals surface area contributed by atoms with E-state index in [0.29, 0.717) is 19.6 Å². The maximum absolute atomic E-state index is 12.4. The maximum atomic E-state index is 12.4. The molecule has 2 aliphatic rings. The first kappa shape index (κ1) is 26.2. The Labute approximate surface area is 204 Å². The smallest absolute Gasteiger partial charge is 0.194 e. The molecule has 0 spiro atoms. The van der Waals surface area contributed by atoms with Crippen molar-refractivity contribution in [3.05, 3.63) is 29.8 Å². The van der Waals surface area contributed by atoms with Gasteiger partial charge in [-0.3, -0.25) is 9.89 Å². The van der Waals surface area contributed by atoms with Crippen LogP contribution < -0.4 is 10.1 Å². The highest BCUT2D eigenvalue weighted by molar-refractivity contribution is 14.0. The van der Waals surface area contributed by atoms with Crippen LogP contribution in [0.4, 0.5) is 0 Å². The van der Waals surface area contributed by atoms with Crippen LogP contribution in [-0.4, -0.2) is 81.1 Å². The highest BCUT2D eigenvalue weighted by Crippen LogP contribution is 2.28. The number of nitrogens with zero attached hydrogens (tertiary/aromatic N) is 3. The Balaban J connectivity index is 0.00000341. The second-order valence-corrected chi connectivity index (χ2v) is 11.5. The van der Waals surface area contributed by atoms with Crippen molar-refractivity contribution >= 4 is 39.8 Å². The molecule has 0 bridgehead atoms. The van der Waals surface area contributed by atoms with Crippen molar-refractivity contribution in [1.29, 1.82) is 0 Å². The zero-order valence-electron chi connectivity index (χ0n) is 19.1. The molecule has 1 atom stereocenters. The Kier molecular flexibility index (Phi) is 9.44. The molecule has 7 nitrogen and oxygen atoms in total. The van der Waals surface area contributed by atoms with Crippen molar-refractivity contribution in [3.63, 3.8) is 0 Å². The van der Waals surface area contributed by atoms with Crippen LogP contribution in [-0.2, 0) is 9.84 Å². The Morgan fingerprint density at radius 1 is 1.19 bits per heavy atom. The summed E-state index contributed by atoms with van der Waals surface area (Å²) in [6.07, 6.45) is 2.43. The van der Waals surface area contributed by atoms with Crippen LogP contribution in [0.5, 0.6) is 5.75 Å². The average Bonchev–Trinajstić information content (AvgIpc) is 3.24. The number of ether oxygens (including phenoxy) is 1. The molecule has 1 N–H and O–H groups in total. The standard InChI is InChI=1S/C22H36N4O3S.HI/c1-5-23-21(26-14-15-30(27,28)22(2,3)17-26)24-16-20(25-12-6-7-13-25)18-8-10-19(29-4)11-9-18;/h8-11,20H,5-7,12-17H2,1-4H3,(H,23,24);1H. The van der Waals surface area contributed by atoms with Crippen molar-refractivity contribution in [3.8, 4) is 5.75 Å². The highest BCUT2D eigenvalue weighted by Gasteiger charge is 2.41. The van der Waals surface area contributed by atoms with Gasteiger partial charge in [-0.15, -0.1) is 24.0 Å². The Hall–Kier alpha value is -1.07. The largest absolute Gasteiger partial charge is 0.497 e. The fourth-order valence-electron chi connectivity index (χ4n) is 4.23. The van der Waals surface area contributed by atoms with E-state index in [1.165, 1.54) is 18.4 Å². The second-order valence-electron chi connectivity index (χ2n) is 8.73. The lowest BCUT2D eigenvalue weighted by Crippen LogP contribution is -2.57. The van der Waals surface area contributed by atoms with Crippen LogP contribution in [0.25, 0.3) is 0 Å². The zero-order valence-corrected chi connectivity index (χ0v) is 22.3. The van der Waals surface area contributed by atoms with Crippen LogP contribution in [0.15, 0.2) is 29.3 Å². The Morgan fingerprint density at radius 2 is 1.84 bits per heavy atom. The molecule has 0 amide bonds. The molecule has 1 aromatic rings. The van der Waals surface area contributed by atoms with Crippen LogP contribution in [0, 0.1) is 0 Å². The summed E-state index contributed by atoms with van der Waals surface area (Å²) < 4.78 is 29.3. The lowest BCUT2D eigenvalue weighted by Gasteiger charge is -2.39. The summed E-state index contributed by atoms with van der Waals surface area (Å²) in [5, 5.41) is 3.38. The summed E-state index contributed by atoms with van der Waals surface area (Å²) in [5.74, 6) is 1.82. The van der Waals surface area contributed by atoms with E-state index in [9.17, 15) is 8.42 Å². The van der Waals surface area contributed by atoms with E-state index in [-0.39, 0.29) is 35.8 Å². The minimum Gasteiger partial charge on any atom is -0.497 e. The molecule has 2 aliphatic heterocycles. The third-order valence-electron chi connectivity index (χ3n) is 6.17. The SMILES string of the molecule is CCNC(=NCC(c1ccc(OC)cc1)N1CCCC1)N1CCS(=O)(=O)C(C)(C)C1.I. The summed E-state index contributed by atoms with van der Waals surface area (Å²) in [6, 6.07) is 8.46. The highest BCUT2D eigenvalue weighted by atomic mass is 127. The molecular formula is C22H37IN4O3S. The number of benzene rings is 1. The van der Waals surface area contributed by atoms with Gasteiger partial charge in [0.15, 0.2) is 15.8 Å². The van der Waals surface area contributed by atoms with Crippen molar-refractivity contribution in [2.75, 3.05) is 52.1 Å². The predicted octanol–water partition coefficient (Wildman–Crippen LogP) is 2.92. The van der Waals surface area contributed by atoms with E-state index in [1.807, 2.05) is 32.9 Å². The number of halogens is 1. The van der Waals surface area contributed by atoms with Crippen LogP contribution >= 0.6 is 24.0 Å². The van der Waals surface area contributed by atoms with Crippen LogP contribution in [0.1, 0.15) is 45.2 Å². The van der Waals surface area contributed by atoms with Crippen molar-refractivity contribution in [1.82, 2.24) is 15.1 Å². The van der Waals surface area contributed by atoms with Gasteiger partial charge in [0.05, 0.1) is 30.2 Å². The molecule has 2 saturated heterocycles. The van der Waals surface area contributed by atoms with Crippen molar-refractivity contribution in [2.24, 2.45) is 4.99 Å². The number of nitrogens with one attached hydrogen (secondary N) is 1. The van der Waals surface area contributed by atoms with E-state index < -0.39 is 14.6 Å². The van der Waals surface area contributed by atoms with Gasteiger partial charge in [-0.05, 0) is 64.4 Å². The first-order valence-corrected chi connectivity index (χ1v) is 12.6. The number of rotatable bonds is 6. The molecule has 0 aromatic heterocycles. The number of sulfone groups is 1. The number of likely N-dealkylation sites (tertiary alicyclic amines) is 1.